The van der Waals surface area contributed by atoms with Crippen molar-refractivity contribution >= 4 is 0 Å². The minimum absolute atomic E-state index is 0.0799. The first-order chi connectivity index (χ1) is 9.79. The molecular formula is C16H28O5. The molecule has 2 N–H and O–H groups in total. The summed E-state index contributed by atoms with van der Waals surface area (Å²) in [7, 11) is 1.61. The molecular weight excluding hydrogens is 272 g/mol. The Morgan fingerprint density at radius 3 is 2.48 bits per heavy atom. The maximum atomic E-state index is 11.5. The molecule has 3 rings (SSSR count). The third-order valence-corrected chi connectivity index (χ3v) is 6.02. The largest absolute Gasteiger partial charge is 0.384 e. The van der Waals surface area contributed by atoms with Crippen LogP contribution in [0, 0.1) is 23.7 Å². The van der Waals surface area contributed by atoms with Crippen LogP contribution in [0.3, 0.4) is 0 Å². The summed E-state index contributed by atoms with van der Waals surface area (Å²) in [5.74, 6) is -0.577. The van der Waals surface area contributed by atoms with E-state index in [-0.39, 0.29) is 17.8 Å². The summed E-state index contributed by atoms with van der Waals surface area (Å²) in [4.78, 5) is 0. The molecule has 122 valence electrons. The van der Waals surface area contributed by atoms with Gasteiger partial charge in [-0.2, -0.15) is 0 Å². The fourth-order valence-electron chi connectivity index (χ4n) is 4.80. The van der Waals surface area contributed by atoms with Crippen LogP contribution < -0.4 is 0 Å². The van der Waals surface area contributed by atoms with Gasteiger partial charge >= 0.3 is 0 Å². The Labute approximate surface area is 126 Å². The van der Waals surface area contributed by atoms with Gasteiger partial charge in [-0.3, -0.25) is 0 Å². The summed E-state index contributed by atoms with van der Waals surface area (Å²) in [6, 6.07) is 0. The lowest BCUT2D eigenvalue weighted by Crippen LogP contribution is -2.66. The third-order valence-electron chi connectivity index (χ3n) is 6.02. The van der Waals surface area contributed by atoms with Crippen LogP contribution in [0.4, 0.5) is 0 Å². The van der Waals surface area contributed by atoms with Crippen molar-refractivity contribution < 1.29 is 24.4 Å². The first-order valence-electron chi connectivity index (χ1n) is 8.10. The van der Waals surface area contributed by atoms with Gasteiger partial charge in [0, 0.05) is 25.4 Å². The van der Waals surface area contributed by atoms with E-state index in [1.807, 2.05) is 0 Å². The van der Waals surface area contributed by atoms with Gasteiger partial charge in [-0.05, 0) is 38.0 Å². The summed E-state index contributed by atoms with van der Waals surface area (Å²) in [6.07, 6.45) is 2.08. The molecule has 3 fully saturated rings. The predicted molar refractivity (Wildman–Crippen MR) is 76.1 cm³/mol. The monoisotopic (exact) mass is 300 g/mol. The molecule has 2 saturated heterocycles. The summed E-state index contributed by atoms with van der Waals surface area (Å²) in [5, 5.41) is 21.9. The second-order valence-corrected chi connectivity index (χ2v) is 7.42. The molecule has 1 saturated carbocycles. The van der Waals surface area contributed by atoms with E-state index < -0.39 is 24.0 Å². The SMILES string of the molecule is CO[C@H]1O[C@@H]2OC(C)(O)CC[C@H]3[C@H](C)CC[C@@H]([C@H]1C)[C@@]23O. The Hall–Kier alpha value is -0.200. The predicted octanol–water partition coefficient (Wildman–Crippen LogP) is 1.86. The Morgan fingerprint density at radius 1 is 1.10 bits per heavy atom. The highest BCUT2D eigenvalue weighted by molar-refractivity contribution is 5.06. The Bertz CT molecular complexity index is 398. The summed E-state index contributed by atoms with van der Waals surface area (Å²) in [6.45, 7) is 5.91. The molecule has 21 heavy (non-hydrogen) atoms. The van der Waals surface area contributed by atoms with Crippen molar-refractivity contribution in [2.24, 2.45) is 23.7 Å². The number of rotatable bonds is 1. The minimum atomic E-state index is -1.26. The molecule has 5 nitrogen and oxygen atoms in total. The molecule has 0 aromatic heterocycles. The lowest BCUT2D eigenvalue weighted by Gasteiger charge is -2.57. The second kappa shape index (κ2) is 5.17. The van der Waals surface area contributed by atoms with Crippen LogP contribution in [0.25, 0.3) is 0 Å². The lowest BCUT2D eigenvalue weighted by molar-refractivity contribution is -0.405. The highest BCUT2D eigenvalue weighted by Crippen LogP contribution is 2.55. The van der Waals surface area contributed by atoms with Gasteiger partial charge in [-0.15, -0.1) is 0 Å². The molecule has 1 unspecified atom stereocenters. The van der Waals surface area contributed by atoms with Crippen LogP contribution >= 0.6 is 0 Å². The Balaban J connectivity index is 2.01. The maximum Gasteiger partial charge on any atom is 0.193 e. The topological polar surface area (TPSA) is 68.2 Å². The van der Waals surface area contributed by atoms with E-state index in [9.17, 15) is 10.2 Å². The zero-order valence-corrected chi connectivity index (χ0v) is 13.4. The highest BCUT2D eigenvalue weighted by Gasteiger charge is 2.63. The second-order valence-electron chi connectivity index (χ2n) is 7.42. The smallest absolute Gasteiger partial charge is 0.193 e. The maximum absolute atomic E-state index is 11.5. The molecule has 2 aliphatic heterocycles. The molecule has 0 radical (unpaired) electrons. The van der Waals surface area contributed by atoms with Crippen LogP contribution in [0.2, 0.25) is 0 Å². The molecule has 3 aliphatic rings. The first-order valence-corrected chi connectivity index (χ1v) is 8.10. The van der Waals surface area contributed by atoms with Gasteiger partial charge in [0.1, 0.15) is 5.60 Å². The van der Waals surface area contributed by atoms with Gasteiger partial charge in [0.2, 0.25) is 0 Å². The van der Waals surface area contributed by atoms with Gasteiger partial charge in [0.25, 0.3) is 0 Å². The van der Waals surface area contributed by atoms with Crippen LogP contribution in [-0.4, -0.2) is 41.3 Å². The van der Waals surface area contributed by atoms with Gasteiger partial charge in [0.15, 0.2) is 18.4 Å². The molecule has 2 heterocycles. The fourth-order valence-corrected chi connectivity index (χ4v) is 4.80. The van der Waals surface area contributed by atoms with E-state index in [1.54, 1.807) is 14.0 Å². The van der Waals surface area contributed by atoms with Crippen molar-refractivity contribution in [3.05, 3.63) is 0 Å². The van der Waals surface area contributed by atoms with Crippen LogP contribution in [-0.2, 0) is 14.2 Å². The normalized spacial score (nSPS) is 57.4. The van der Waals surface area contributed by atoms with Crippen molar-refractivity contribution in [3.63, 3.8) is 0 Å². The standard InChI is InChI=1S/C16H28O5/c1-9-5-6-12-10(2)13(19-4)20-14-16(12,18)11(9)7-8-15(3,17)21-14/h9-14,17-18H,5-8H2,1-4H3/t9-,10-,11+,12+,13+,14-,15?,16-/m1/s1. The van der Waals surface area contributed by atoms with Crippen molar-refractivity contribution in [2.45, 2.75) is 70.4 Å². The van der Waals surface area contributed by atoms with Crippen LogP contribution in [0.5, 0.6) is 0 Å². The molecule has 0 amide bonds. The Kier molecular flexibility index (Phi) is 3.86. The molecule has 8 atom stereocenters. The number of hydrogen-bond donors (Lipinski definition) is 2. The average Bonchev–Trinajstić information content (AvgIpc) is 2.50. The van der Waals surface area contributed by atoms with Crippen molar-refractivity contribution in [1.82, 2.24) is 0 Å². The molecule has 0 aromatic rings. The van der Waals surface area contributed by atoms with E-state index >= 15 is 0 Å². The molecule has 0 aromatic carbocycles. The van der Waals surface area contributed by atoms with Gasteiger partial charge < -0.3 is 24.4 Å². The number of ether oxygens (including phenoxy) is 3. The Morgan fingerprint density at radius 2 is 1.81 bits per heavy atom. The number of hydrogen-bond acceptors (Lipinski definition) is 5. The summed E-state index contributed by atoms with van der Waals surface area (Å²) >= 11 is 0. The van der Waals surface area contributed by atoms with Crippen LogP contribution in [0.15, 0.2) is 0 Å². The van der Waals surface area contributed by atoms with E-state index in [4.69, 9.17) is 14.2 Å². The van der Waals surface area contributed by atoms with Gasteiger partial charge in [0.05, 0.1) is 0 Å². The van der Waals surface area contributed by atoms with E-state index in [1.165, 1.54) is 0 Å². The number of methoxy groups -OCH3 is 1. The van der Waals surface area contributed by atoms with Crippen LogP contribution in [0.1, 0.15) is 46.5 Å². The quantitative estimate of drug-likeness (QED) is 0.773. The molecule has 0 bridgehead atoms. The van der Waals surface area contributed by atoms with E-state index in [0.29, 0.717) is 12.3 Å². The zero-order chi connectivity index (χ0) is 15.4. The van der Waals surface area contributed by atoms with Gasteiger partial charge in [-0.25, -0.2) is 0 Å². The van der Waals surface area contributed by atoms with Crippen molar-refractivity contribution in [1.29, 1.82) is 0 Å². The van der Waals surface area contributed by atoms with E-state index in [0.717, 1.165) is 19.3 Å². The minimum Gasteiger partial charge on any atom is -0.384 e. The summed E-state index contributed by atoms with van der Waals surface area (Å²) < 4.78 is 17.1. The first kappa shape index (κ1) is 15.7. The molecule has 1 aliphatic carbocycles. The average molecular weight is 300 g/mol. The van der Waals surface area contributed by atoms with Crippen molar-refractivity contribution in [2.75, 3.05) is 7.11 Å². The number of aliphatic hydroxyl groups is 2. The summed E-state index contributed by atoms with van der Waals surface area (Å²) in [5.41, 5.74) is -1.04. The van der Waals surface area contributed by atoms with E-state index in [2.05, 4.69) is 13.8 Å². The highest BCUT2D eigenvalue weighted by atomic mass is 16.8. The van der Waals surface area contributed by atoms with Gasteiger partial charge in [-0.1, -0.05) is 13.8 Å². The lowest BCUT2D eigenvalue weighted by atomic mass is 9.58. The third kappa shape index (κ3) is 2.34. The fraction of sp³-hybridized carbons (Fsp3) is 1.00. The molecule has 5 heteroatoms. The zero-order valence-electron chi connectivity index (χ0n) is 13.4. The molecule has 0 spiro atoms. The van der Waals surface area contributed by atoms with Crippen molar-refractivity contribution in [3.8, 4) is 0 Å².